The number of hydrogen-bond acceptors (Lipinski definition) is 5. The van der Waals surface area contributed by atoms with E-state index in [0.29, 0.717) is 12.3 Å². The molecule has 3 aromatic carbocycles. The molecule has 0 unspecified atom stereocenters. The summed E-state index contributed by atoms with van der Waals surface area (Å²) in [6.07, 6.45) is 1.10. The number of carbonyl (C=O) groups is 3. The molecule has 4 rings (SSSR count). The molecule has 0 aromatic heterocycles. The molecule has 8 nitrogen and oxygen atoms in total. The number of amides is 3. The molecule has 3 N–H and O–H groups in total. The first-order chi connectivity index (χ1) is 20.3. The largest absolute Gasteiger partial charge is 0.445 e. The molecule has 1 heterocycles. The quantitative estimate of drug-likeness (QED) is 0.246. The second kappa shape index (κ2) is 15.2. The van der Waals surface area contributed by atoms with E-state index in [2.05, 4.69) is 29.8 Å². The molecule has 3 amide bonds. The van der Waals surface area contributed by atoms with Gasteiger partial charge in [0.15, 0.2) is 0 Å². The second-order valence-electron chi connectivity index (χ2n) is 11.3. The normalized spacial score (nSPS) is 17.9. The fourth-order valence-electron chi connectivity index (χ4n) is 4.94. The van der Waals surface area contributed by atoms with Gasteiger partial charge in [0.2, 0.25) is 11.8 Å². The van der Waals surface area contributed by atoms with Crippen LogP contribution in [0.2, 0.25) is 0 Å². The monoisotopic (exact) mass is 571 g/mol. The van der Waals surface area contributed by atoms with Crippen molar-refractivity contribution in [1.82, 2.24) is 16.0 Å². The summed E-state index contributed by atoms with van der Waals surface area (Å²) in [7, 11) is 0. The van der Waals surface area contributed by atoms with Crippen LogP contribution in [0.15, 0.2) is 91.0 Å². The van der Waals surface area contributed by atoms with Crippen molar-refractivity contribution < 1.29 is 23.9 Å². The maximum atomic E-state index is 13.4. The van der Waals surface area contributed by atoms with Gasteiger partial charge in [-0.3, -0.25) is 9.59 Å². The first-order valence-corrected chi connectivity index (χ1v) is 14.6. The van der Waals surface area contributed by atoms with Crippen LogP contribution in [0.5, 0.6) is 0 Å². The van der Waals surface area contributed by atoms with Gasteiger partial charge in [0.1, 0.15) is 24.8 Å². The predicted octanol–water partition coefficient (Wildman–Crippen LogP) is 4.57. The minimum atomic E-state index is -0.937. The zero-order valence-corrected chi connectivity index (χ0v) is 24.5. The van der Waals surface area contributed by atoms with Gasteiger partial charge >= 0.3 is 6.09 Å². The van der Waals surface area contributed by atoms with E-state index in [-0.39, 0.29) is 37.2 Å². The van der Waals surface area contributed by atoms with E-state index < -0.39 is 24.1 Å². The van der Waals surface area contributed by atoms with Crippen molar-refractivity contribution in [3.63, 3.8) is 0 Å². The van der Waals surface area contributed by atoms with Crippen LogP contribution in [0.25, 0.3) is 0 Å². The Labute approximate surface area is 248 Å². The number of rotatable bonds is 14. The van der Waals surface area contributed by atoms with Crippen molar-refractivity contribution in [3.8, 4) is 0 Å². The van der Waals surface area contributed by atoms with Crippen LogP contribution >= 0.6 is 0 Å². The van der Waals surface area contributed by atoms with Gasteiger partial charge in [0.25, 0.3) is 0 Å². The number of ether oxygens (including phenoxy) is 2. The zero-order chi connectivity index (χ0) is 29.9. The number of carbonyl (C=O) groups excluding carboxylic acids is 3. The molecule has 0 spiro atoms. The minimum Gasteiger partial charge on any atom is -0.445 e. The SMILES string of the molecule is CC(C)C[C@@H]1O[C@@H]1[C@H](Cc1ccccc1)NC(=O)[C@H](C)NC(=O)[C@H](Cc1ccccc1)NC(=O)OCc1ccccc1. The predicted molar refractivity (Wildman–Crippen MR) is 161 cm³/mol. The van der Waals surface area contributed by atoms with E-state index in [4.69, 9.17) is 9.47 Å². The summed E-state index contributed by atoms with van der Waals surface area (Å²) in [6.45, 7) is 6.02. The van der Waals surface area contributed by atoms with E-state index in [1.54, 1.807) is 6.92 Å². The Morgan fingerprint density at radius 3 is 1.83 bits per heavy atom. The third-order valence-corrected chi connectivity index (χ3v) is 7.20. The first-order valence-electron chi connectivity index (χ1n) is 14.6. The summed E-state index contributed by atoms with van der Waals surface area (Å²) in [5.41, 5.74) is 2.80. The van der Waals surface area contributed by atoms with Crippen molar-refractivity contribution in [1.29, 1.82) is 0 Å². The molecule has 1 saturated heterocycles. The van der Waals surface area contributed by atoms with Crippen molar-refractivity contribution in [2.75, 3.05) is 0 Å². The van der Waals surface area contributed by atoms with E-state index in [1.807, 2.05) is 91.0 Å². The Morgan fingerprint density at radius 2 is 1.26 bits per heavy atom. The lowest BCUT2D eigenvalue weighted by Gasteiger charge is -2.23. The summed E-state index contributed by atoms with van der Waals surface area (Å²) >= 11 is 0. The van der Waals surface area contributed by atoms with Crippen LogP contribution in [0, 0.1) is 5.92 Å². The van der Waals surface area contributed by atoms with E-state index in [0.717, 1.165) is 23.1 Å². The molecule has 8 heteroatoms. The summed E-state index contributed by atoms with van der Waals surface area (Å²) in [5, 5.41) is 8.58. The fraction of sp³-hybridized carbons (Fsp3) is 0.382. The van der Waals surface area contributed by atoms with Gasteiger partial charge in [0, 0.05) is 6.42 Å². The molecule has 222 valence electrons. The van der Waals surface area contributed by atoms with Gasteiger partial charge in [0.05, 0.1) is 12.1 Å². The smallest absolute Gasteiger partial charge is 0.408 e. The molecule has 0 radical (unpaired) electrons. The van der Waals surface area contributed by atoms with E-state index in [9.17, 15) is 14.4 Å². The zero-order valence-electron chi connectivity index (χ0n) is 24.5. The molecule has 3 aromatic rings. The molecular formula is C34H41N3O5. The highest BCUT2D eigenvalue weighted by atomic mass is 16.6. The summed E-state index contributed by atoms with van der Waals surface area (Å²) in [6, 6.07) is 26.6. The van der Waals surface area contributed by atoms with Crippen LogP contribution in [0.1, 0.15) is 43.9 Å². The van der Waals surface area contributed by atoms with Gasteiger partial charge in [-0.15, -0.1) is 0 Å². The molecule has 1 aliphatic rings. The Hall–Kier alpha value is -4.17. The number of nitrogens with one attached hydrogen (secondary N) is 3. The Morgan fingerprint density at radius 1 is 0.714 bits per heavy atom. The van der Waals surface area contributed by atoms with Crippen molar-refractivity contribution in [3.05, 3.63) is 108 Å². The van der Waals surface area contributed by atoms with Gasteiger partial charge in [-0.2, -0.15) is 0 Å². The molecular weight excluding hydrogens is 530 g/mol. The van der Waals surface area contributed by atoms with Gasteiger partial charge in [-0.05, 0) is 42.4 Å². The third-order valence-electron chi connectivity index (χ3n) is 7.20. The minimum absolute atomic E-state index is 0.0775. The first kappa shape index (κ1) is 30.8. The number of hydrogen-bond donors (Lipinski definition) is 3. The highest BCUT2D eigenvalue weighted by Gasteiger charge is 2.45. The average molecular weight is 572 g/mol. The molecule has 5 atom stereocenters. The van der Waals surface area contributed by atoms with Gasteiger partial charge in [-0.25, -0.2) is 4.79 Å². The average Bonchev–Trinajstić information content (AvgIpc) is 3.75. The topological polar surface area (TPSA) is 109 Å². The summed E-state index contributed by atoms with van der Waals surface area (Å²) in [5.74, 6) is -0.300. The number of alkyl carbamates (subject to hydrolysis) is 1. The molecule has 42 heavy (non-hydrogen) atoms. The lowest BCUT2D eigenvalue weighted by molar-refractivity contribution is -0.130. The van der Waals surface area contributed by atoms with Crippen LogP contribution in [0.4, 0.5) is 4.79 Å². The lowest BCUT2D eigenvalue weighted by atomic mass is 9.98. The van der Waals surface area contributed by atoms with Crippen molar-refractivity contribution >= 4 is 17.9 Å². The number of epoxide rings is 1. The summed E-state index contributed by atoms with van der Waals surface area (Å²) in [4.78, 5) is 39.3. The van der Waals surface area contributed by atoms with Crippen LogP contribution in [-0.2, 0) is 38.5 Å². The molecule has 0 saturated carbocycles. The second-order valence-corrected chi connectivity index (χ2v) is 11.3. The molecule has 0 bridgehead atoms. The lowest BCUT2D eigenvalue weighted by Crippen LogP contribution is -2.55. The Bertz CT molecular complexity index is 1290. The van der Waals surface area contributed by atoms with Crippen molar-refractivity contribution in [2.45, 2.75) is 77.0 Å². The standard InChI is InChI=1S/C34H41N3O5/c1-23(2)19-30-31(42-30)28(20-25-13-7-4-8-14-25)36-32(38)24(3)35-33(39)29(21-26-15-9-5-10-16-26)37-34(40)41-22-27-17-11-6-12-18-27/h4-18,23-24,28-31H,19-22H2,1-3H3,(H,35,39)(H,36,38)(H,37,40)/t24-,28-,29-,30-,31+/m0/s1. The third kappa shape index (κ3) is 9.73. The molecule has 1 aliphatic heterocycles. The Balaban J connectivity index is 1.38. The van der Waals surface area contributed by atoms with Crippen LogP contribution in [0.3, 0.4) is 0 Å². The maximum absolute atomic E-state index is 13.4. The highest BCUT2D eigenvalue weighted by molar-refractivity contribution is 5.91. The maximum Gasteiger partial charge on any atom is 0.408 e. The number of benzene rings is 3. The van der Waals surface area contributed by atoms with Crippen molar-refractivity contribution in [2.24, 2.45) is 5.92 Å². The van der Waals surface area contributed by atoms with E-state index >= 15 is 0 Å². The highest BCUT2D eigenvalue weighted by Crippen LogP contribution is 2.32. The summed E-state index contributed by atoms with van der Waals surface area (Å²) < 4.78 is 11.3. The fourth-order valence-corrected chi connectivity index (χ4v) is 4.94. The van der Waals surface area contributed by atoms with Gasteiger partial charge in [-0.1, -0.05) is 105 Å². The van der Waals surface area contributed by atoms with E-state index in [1.165, 1.54) is 0 Å². The van der Waals surface area contributed by atoms with Crippen LogP contribution in [-0.4, -0.2) is 48.2 Å². The molecule has 1 fully saturated rings. The van der Waals surface area contributed by atoms with Gasteiger partial charge < -0.3 is 25.4 Å². The Kier molecular flexibility index (Phi) is 11.1. The van der Waals surface area contributed by atoms with Crippen LogP contribution < -0.4 is 16.0 Å². The molecule has 0 aliphatic carbocycles.